The van der Waals surface area contributed by atoms with Crippen molar-refractivity contribution in [3.8, 4) is 0 Å². The van der Waals surface area contributed by atoms with Gasteiger partial charge in [-0.1, -0.05) is 0 Å². The van der Waals surface area contributed by atoms with Crippen LogP contribution in [0.5, 0.6) is 0 Å². The first kappa shape index (κ1) is 13.8. The minimum absolute atomic E-state index is 0.174. The molecule has 1 saturated heterocycles. The summed E-state index contributed by atoms with van der Waals surface area (Å²) >= 11 is 3.12. The molecular weight excluding hydrogens is 453 g/mol. The molecule has 0 N–H and O–H groups in total. The minimum atomic E-state index is -0.789. The second-order valence-corrected chi connectivity index (χ2v) is 17.3. The van der Waals surface area contributed by atoms with Crippen LogP contribution >= 0.6 is 11.9 Å². The van der Waals surface area contributed by atoms with Gasteiger partial charge in [0.25, 0.3) is 0 Å². The summed E-state index contributed by atoms with van der Waals surface area (Å²) in [5.74, 6) is 0.785. The zero-order chi connectivity index (χ0) is 12.0. The van der Waals surface area contributed by atoms with Crippen molar-refractivity contribution in [3.63, 3.8) is 0 Å². The van der Waals surface area contributed by atoms with E-state index < -0.39 is 22.1 Å². The Balaban J connectivity index is 2.23. The fourth-order valence-corrected chi connectivity index (χ4v) is 18.3. The van der Waals surface area contributed by atoms with Gasteiger partial charge in [-0.3, -0.25) is 0 Å². The second-order valence-electron chi connectivity index (χ2n) is 6.58. The van der Waals surface area contributed by atoms with E-state index in [1.807, 2.05) is 0 Å². The molecule has 0 aromatic heterocycles. The SMILES string of the molecule is C[C@H]1CC[C@H]2C(C)(C)[C@@H]([Hg][Br])CC[C@]2(C)O1. The second kappa shape index (κ2) is 4.81. The van der Waals surface area contributed by atoms with Gasteiger partial charge < -0.3 is 0 Å². The summed E-state index contributed by atoms with van der Waals surface area (Å²) in [5, 5.41) is 0. The predicted molar refractivity (Wildman–Crippen MR) is 67.4 cm³/mol. The Morgan fingerprint density at radius 3 is 2.50 bits per heavy atom. The van der Waals surface area contributed by atoms with E-state index in [1.54, 1.807) is 0 Å². The van der Waals surface area contributed by atoms with Gasteiger partial charge in [0, 0.05) is 0 Å². The molecule has 90 valence electrons. The van der Waals surface area contributed by atoms with Gasteiger partial charge in [-0.05, 0) is 0 Å². The molecule has 0 aromatic carbocycles. The van der Waals surface area contributed by atoms with Crippen LogP contribution in [0.1, 0.15) is 53.4 Å². The number of ether oxygens (including phenoxy) is 1. The van der Waals surface area contributed by atoms with Gasteiger partial charge in [0.05, 0.1) is 0 Å². The van der Waals surface area contributed by atoms with Crippen molar-refractivity contribution < 1.29 is 26.9 Å². The van der Waals surface area contributed by atoms with Crippen LogP contribution < -0.4 is 0 Å². The van der Waals surface area contributed by atoms with Crippen LogP contribution in [0.4, 0.5) is 0 Å². The molecule has 0 radical (unpaired) electrons. The van der Waals surface area contributed by atoms with Gasteiger partial charge in [-0.25, -0.2) is 0 Å². The fourth-order valence-electron chi connectivity index (χ4n) is 4.09. The number of rotatable bonds is 1. The molecule has 1 saturated carbocycles. The van der Waals surface area contributed by atoms with E-state index in [1.165, 1.54) is 25.7 Å². The summed E-state index contributed by atoms with van der Waals surface area (Å²) in [6, 6.07) is 0. The molecule has 0 aromatic rings. The molecular formula is C13H23BrHgO. The number of fused-ring (bicyclic) bond motifs is 1. The zero-order valence-electron chi connectivity index (χ0n) is 11.1. The summed E-state index contributed by atoms with van der Waals surface area (Å²) < 4.78 is 7.35. The molecule has 3 heteroatoms. The average Bonchev–Trinajstić information content (AvgIpc) is 2.16. The van der Waals surface area contributed by atoms with Crippen LogP contribution in [0.2, 0.25) is 3.43 Å². The van der Waals surface area contributed by atoms with E-state index in [0.29, 0.717) is 11.5 Å². The normalized spacial score (nSPS) is 46.9. The van der Waals surface area contributed by atoms with Crippen molar-refractivity contribution in [1.82, 2.24) is 0 Å². The van der Waals surface area contributed by atoms with E-state index in [-0.39, 0.29) is 5.60 Å². The third-order valence-corrected chi connectivity index (χ3v) is 19.2. The van der Waals surface area contributed by atoms with Gasteiger partial charge in [0.1, 0.15) is 0 Å². The van der Waals surface area contributed by atoms with Crippen LogP contribution in [0.15, 0.2) is 0 Å². The number of hydrogen-bond donors (Lipinski definition) is 0. The summed E-state index contributed by atoms with van der Waals surface area (Å²) in [6.45, 7) is 9.61. The summed E-state index contributed by atoms with van der Waals surface area (Å²) in [7, 11) is 0. The van der Waals surface area contributed by atoms with Crippen molar-refractivity contribution in [1.29, 1.82) is 0 Å². The Morgan fingerprint density at radius 2 is 1.88 bits per heavy atom. The fraction of sp³-hybridized carbons (Fsp3) is 1.00. The van der Waals surface area contributed by atoms with Crippen LogP contribution in [-0.4, -0.2) is 11.7 Å². The first-order valence-electron chi connectivity index (χ1n) is 6.64. The summed E-state index contributed by atoms with van der Waals surface area (Å²) in [5.41, 5.74) is 0.686. The summed E-state index contributed by atoms with van der Waals surface area (Å²) in [6.07, 6.45) is 5.81. The first-order valence-corrected chi connectivity index (χ1v) is 21.7. The third kappa shape index (κ3) is 2.27. The standard InChI is InChI=1S/C13H23O.BrH.Hg/c1-10-6-7-11-12(2,3)8-5-9-13(11,4)14-10;;/h8,10-11H,5-7,9H2,1-4H3;1H;/q;;+1/p-1/t10-,11-,13-;;/m0../s1. The molecule has 1 aliphatic heterocycles. The summed E-state index contributed by atoms with van der Waals surface area (Å²) in [4.78, 5) is 0. The molecule has 1 heterocycles. The van der Waals surface area contributed by atoms with Crippen LogP contribution in [0, 0.1) is 11.3 Å². The van der Waals surface area contributed by atoms with Crippen molar-refractivity contribution in [2.75, 3.05) is 0 Å². The first-order chi connectivity index (χ1) is 7.40. The molecule has 0 spiro atoms. The molecule has 0 bridgehead atoms. The maximum atomic E-state index is 6.32. The molecule has 2 fully saturated rings. The van der Waals surface area contributed by atoms with E-state index in [4.69, 9.17) is 4.74 Å². The van der Waals surface area contributed by atoms with Gasteiger partial charge >= 0.3 is 119 Å². The van der Waals surface area contributed by atoms with Gasteiger partial charge in [-0.2, -0.15) is 0 Å². The third-order valence-electron chi connectivity index (χ3n) is 5.20. The topological polar surface area (TPSA) is 9.23 Å². The number of halogens is 1. The molecule has 0 amide bonds. The Bertz CT molecular complexity index is 264. The zero-order valence-corrected chi connectivity index (χ0v) is 18.1. The van der Waals surface area contributed by atoms with E-state index in [9.17, 15) is 0 Å². The Kier molecular flexibility index (Phi) is 4.15. The van der Waals surface area contributed by atoms with Crippen LogP contribution in [0.3, 0.4) is 0 Å². The quantitative estimate of drug-likeness (QED) is 0.505. The molecule has 16 heavy (non-hydrogen) atoms. The van der Waals surface area contributed by atoms with Crippen molar-refractivity contribution in [3.05, 3.63) is 0 Å². The molecule has 1 nitrogen and oxygen atoms in total. The molecule has 0 unspecified atom stereocenters. The van der Waals surface area contributed by atoms with E-state index >= 15 is 0 Å². The van der Waals surface area contributed by atoms with Crippen molar-refractivity contribution >= 4 is 11.9 Å². The van der Waals surface area contributed by atoms with Crippen molar-refractivity contribution in [2.24, 2.45) is 11.3 Å². The predicted octanol–water partition coefficient (Wildman–Crippen LogP) is 4.56. The van der Waals surface area contributed by atoms with Crippen LogP contribution in [-0.2, 0) is 26.9 Å². The molecule has 2 aliphatic rings. The van der Waals surface area contributed by atoms with Gasteiger partial charge in [0.2, 0.25) is 0 Å². The van der Waals surface area contributed by atoms with Crippen LogP contribution in [0.25, 0.3) is 0 Å². The van der Waals surface area contributed by atoms with E-state index in [2.05, 4.69) is 39.6 Å². The molecule has 1 aliphatic carbocycles. The maximum absolute atomic E-state index is 6.32. The van der Waals surface area contributed by atoms with Crippen molar-refractivity contribution in [2.45, 2.75) is 68.5 Å². The number of hydrogen-bond acceptors (Lipinski definition) is 1. The Labute approximate surface area is 118 Å². The Morgan fingerprint density at radius 1 is 1.19 bits per heavy atom. The Hall–Kier alpha value is 1.38. The van der Waals surface area contributed by atoms with Gasteiger partial charge in [-0.15, -0.1) is 0 Å². The molecule has 4 atom stereocenters. The van der Waals surface area contributed by atoms with E-state index in [0.717, 1.165) is 9.34 Å². The monoisotopic (exact) mass is 476 g/mol. The average molecular weight is 476 g/mol. The van der Waals surface area contributed by atoms with Gasteiger partial charge in [0.15, 0.2) is 0 Å². The molecule has 2 rings (SSSR count).